The molecule has 0 spiro atoms. The van der Waals surface area contributed by atoms with Crippen LogP contribution in [0.4, 0.5) is 0 Å². The van der Waals surface area contributed by atoms with Crippen molar-refractivity contribution < 1.29 is 4.79 Å². The number of aryl methyl sites for hydroxylation is 1. The van der Waals surface area contributed by atoms with Gasteiger partial charge in [-0.2, -0.15) is 5.10 Å². The van der Waals surface area contributed by atoms with Crippen LogP contribution in [0.5, 0.6) is 0 Å². The van der Waals surface area contributed by atoms with E-state index >= 15 is 0 Å². The third-order valence-electron chi connectivity index (χ3n) is 4.14. The van der Waals surface area contributed by atoms with Gasteiger partial charge in [0.1, 0.15) is 0 Å². The zero-order valence-corrected chi connectivity index (χ0v) is 16.7. The Labute approximate surface area is 159 Å². The van der Waals surface area contributed by atoms with Crippen molar-refractivity contribution in [3.05, 3.63) is 50.8 Å². The van der Waals surface area contributed by atoms with Crippen LogP contribution in [-0.4, -0.2) is 22.2 Å². The molecule has 136 valence electrons. The zero-order valence-electron chi connectivity index (χ0n) is 15.2. The van der Waals surface area contributed by atoms with E-state index in [9.17, 15) is 4.79 Å². The van der Waals surface area contributed by atoms with E-state index in [0.29, 0.717) is 35.3 Å². The molecular formula is C19H25Cl2N3O. The van der Waals surface area contributed by atoms with Gasteiger partial charge in [-0.3, -0.25) is 9.48 Å². The molecule has 0 saturated heterocycles. The maximum absolute atomic E-state index is 12.3. The number of hydrogen-bond acceptors (Lipinski definition) is 2. The molecule has 0 radical (unpaired) electrons. The molecule has 4 nitrogen and oxygen atoms in total. The maximum Gasteiger partial charge on any atom is 0.224 e. The van der Waals surface area contributed by atoms with Crippen molar-refractivity contribution in [2.45, 2.75) is 47.1 Å². The summed E-state index contributed by atoms with van der Waals surface area (Å²) in [6.07, 6.45) is 1.02. The molecule has 25 heavy (non-hydrogen) atoms. The largest absolute Gasteiger partial charge is 0.355 e. The Kier molecular flexibility index (Phi) is 6.91. The highest BCUT2D eigenvalue weighted by molar-refractivity contribution is 6.35. The lowest BCUT2D eigenvalue weighted by atomic mass is 10.1. The summed E-state index contributed by atoms with van der Waals surface area (Å²) in [6.45, 7) is 9.70. The van der Waals surface area contributed by atoms with Crippen LogP contribution >= 0.6 is 23.2 Å². The first kappa shape index (κ1) is 19.8. The summed E-state index contributed by atoms with van der Waals surface area (Å²) in [6, 6.07) is 5.41. The van der Waals surface area contributed by atoms with Crippen LogP contribution in [0, 0.1) is 19.8 Å². The number of carbonyl (C=O) groups excluding carboxylic acids is 1. The lowest BCUT2D eigenvalue weighted by molar-refractivity contribution is -0.120. The van der Waals surface area contributed by atoms with E-state index < -0.39 is 0 Å². The molecule has 6 heteroatoms. The van der Waals surface area contributed by atoms with E-state index in [1.807, 2.05) is 24.6 Å². The van der Waals surface area contributed by atoms with Crippen molar-refractivity contribution in [1.82, 2.24) is 15.1 Å². The summed E-state index contributed by atoms with van der Waals surface area (Å²) in [5, 5.41) is 8.76. The standard InChI is InChI=1S/C19H25Cl2N3O/c1-12(2)11-24-14(4)17(13(3)23-24)10-19(25)22-8-7-15-5-6-16(20)9-18(15)21/h5-6,9,12H,7-8,10-11H2,1-4H3,(H,22,25). The molecule has 0 aliphatic heterocycles. The number of carbonyl (C=O) groups is 1. The van der Waals surface area contributed by atoms with E-state index in [2.05, 4.69) is 24.3 Å². The Hall–Kier alpha value is -1.52. The molecule has 0 aliphatic rings. The average Bonchev–Trinajstić information content (AvgIpc) is 2.76. The Morgan fingerprint density at radius 3 is 2.64 bits per heavy atom. The number of rotatable bonds is 7. The lowest BCUT2D eigenvalue weighted by Crippen LogP contribution is -2.27. The Morgan fingerprint density at radius 2 is 2.00 bits per heavy atom. The quantitative estimate of drug-likeness (QED) is 0.773. The fraction of sp³-hybridized carbons (Fsp3) is 0.474. The predicted molar refractivity (Wildman–Crippen MR) is 103 cm³/mol. The summed E-state index contributed by atoms with van der Waals surface area (Å²) < 4.78 is 2.00. The molecular weight excluding hydrogens is 357 g/mol. The van der Waals surface area contributed by atoms with Crippen LogP contribution in [0.25, 0.3) is 0 Å². The molecule has 1 aromatic heterocycles. The molecule has 1 aromatic carbocycles. The second-order valence-corrected chi connectivity index (χ2v) is 7.58. The Bertz CT molecular complexity index is 753. The molecule has 0 saturated carbocycles. The summed E-state index contributed by atoms with van der Waals surface area (Å²) in [4.78, 5) is 12.3. The van der Waals surface area contributed by atoms with Gasteiger partial charge in [0.25, 0.3) is 0 Å². The number of nitrogens with one attached hydrogen (secondary N) is 1. The first-order valence-corrected chi connectivity index (χ1v) is 9.27. The highest BCUT2D eigenvalue weighted by Crippen LogP contribution is 2.21. The molecule has 0 aliphatic carbocycles. The molecule has 1 amide bonds. The van der Waals surface area contributed by atoms with E-state index in [-0.39, 0.29) is 5.91 Å². The number of nitrogens with zero attached hydrogens (tertiary/aromatic N) is 2. The van der Waals surface area contributed by atoms with Gasteiger partial charge in [0.05, 0.1) is 12.1 Å². The number of aromatic nitrogens is 2. The molecule has 0 fully saturated rings. The normalized spacial score (nSPS) is 11.2. The van der Waals surface area contributed by atoms with Crippen LogP contribution in [0.15, 0.2) is 18.2 Å². The number of benzene rings is 1. The summed E-state index contributed by atoms with van der Waals surface area (Å²) in [5.41, 5.74) is 3.99. The third-order valence-corrected chi connectivity index (χ3v) is 4.73. The smallest absolute Gasteiger partial charge is 0.224 e. The first-order chi connectivity index (χ1) is 11.8. The van der Waals surface area contributed by atoms with Crippen molar-refractivity contribution >= 4 is 29.1 Å². The van der Waals surface area contributed by atoms with Crippen molar-refractivity contribution in [3.63, 3.8) is 0 Å². The van der Waals surface area contributed by atoms with Gasteiger partial charge in [-0.05, 0) is 43.9 Å². The van der Waals surface area contributed by atoms with Crippen molar-refractivity contribution in [2.75, 3.05) is 6.54 Å². The van der Waals surface area contributed by atoms with E-state index in [1.54, 1.807) is 12.1 Å². The van der Waals surface area contributed by atoms with Gasteiger partial charge in [0.2, 0.25) is 5.91 Å². The van der Waals surface area contributed by atoms with Crippen LogP contribution in [0.2, 0.25) is 10.0 Å². The van der Waals surface area contributed by atoms with Gasteiger partial charge >= 0.3 is 0 Å². The third kappa shape index (κ3) is 5.48. The Morgan fingerprint density at radius 1 is 1.28 bits per heavy atom. The number of amides is 1. The maximum atomic E-state index is 12.3. The van der Waals surface area contributed by atoms with Gasteiger partial charge in [0, 0.05) is 34.4 Å². The Balaban J connectivity index is 1.91. The van der Waals surface area contributed by atoms with Gasteiger partial charge in [-0.15, -0.1) is 0 Å². The molecule has 0 unspecified atom stereocenters. The summed E-state index contributed by atoms with van der Waals surface area (Å²) in [5.74, 6) is 0.518. The fourth-order valence-corrected chi connectivity index (χ4v) is 3.30. The number of halogens is 2. The molecule has 2 aromatic rings. The highest BCUT2D eigenvalue weighted by atomic mass is 35.5. The second-order valence-electron chi connectivity index (χ2n) is 6.74. The van der Waals surface area contributed by atoms with Crippen LogP contribution < -0.4 is 5.32 Å². The van der Waals surface area contributed by atoms with Gasteiger partial charge in [-0.25, -0.2) is 0 Å². The van der Waals surface area contributed by atoms with Gasteiger partial charge < -0.3 is 5.32 Å². The first-order valence-electron chi connectivity index (χ1n) is 8.51. The summed E-state index contributed by atoms with van der Waals surface area (Å²) in [7, 11) is 0. The predicted octanol–water partition coefficient (Wildman–Crippen LogP) is 4.36. The van der Waals surface area contributed by atoms with Gasteiger partial charge in [-0.1, -0.05) is 43.1 Å². The molecule has 1 N–H and O–H groups in total. The lowest BCUT2D eigenvalue weighted by Gasteiger charge is -2.09. The minimum atomic E-state index is 0.000355. The summed E-state index contributed by atoms with van der Waals surface area (Å²) >= 11 is 12.0. The highest BCUT2D eigenvalue weighted by Gasteiger charge is 2.15. The zero-order chi connectivity index (χ0) is 18.6. The number of hydrogen-bond donors (Lipinski definition) is 1. The monoisotopic (exact) mass is 381 g/mol. The minimum Gasteiger partial charge on any atom is -0.355 e. The van der Waals surface area contributed by atoms with E-state index in [1.165, 1.54) is 0 Å². The molecule has 2 rings (SSSR count). The van der Waals surface area contributed by atoms with Crippen LogP contribution in [0.3, 0.4) is 0 Å². The molecule has 0 bridgehead atoms. The van der Waals surface area contributed by atoms with E-state index in [0.717, 1.165) is 29.1 Å². The topological polar surface area (TPSA) is 46.9 Å². The minimum absolute atomic E-state index is 0.000355. The van der Waals surface area contributed by atoms with Crippen LogP contribution in [-0.2, 0) is 24.2 Å². The second kappa shape index (κ2) is 8.72. The van der Waals surface area contributed by atoms with Crippen molar-refractivity contribution in [3.8, 4) is 0 Å². The van der Waals surface area contributed by atoms with E-state index in [4.69, 9.17) is 23.2 Å². The average molecular weight is 382 g/mol. The fourth-order valence-electron chi connectivity index (χ4n) is 2.80. The van der Waals surface area contributed by atoms with Crippen molar-refractivity contribution in [2.24, 2.45) is 5.92 Å². The molecule has 1 heterocycles. The van der Waals surface area contributed by atoms with Gasteiger partial charge in [0.15, 0.2) is 0 Å². The SMILES string of the molecule is Cc1nn(CC(C)C)c(C)c1CC(=O)NCCc1ccc(Cl)cc1Cl. The molecule has 0 atom stereocenters. The van der Waals surface area contributed by atoms with Crippen molar-refractivity contribution in [1.29, 1.82) is 0 Å². The van der Waals surface area contributed by atoms with Crippen LogP contribution in [0.1, 0.15) is 36.4 Å².